The Bertz CT molecular complexity index is 1510. The molecule has 4 rings (SSSR count). The highest BCUT2D eigenvalue weighted by Crippen LogP contribution is 2.39. The molecule has 1 fully saturated rings. The number of β-amino-alcohol motifs (C(OH)–C–C–N with tert-alkyl or cyclic N) is 1. The van der Waals surface area contributed by atoms with Crippen LogP contribution in [0.2, 0.25) is 0 Å². The molecule has 13 heteroatoms. The Morgan fingerprint density at radius 1 is 1.23 bits per heavy atom. The van der Waals surface area contributed by atoms with Crippen molar-refractivity contribution in [3.8, 4) is 17.6 Å². The Morgan fingerprint density at radius 2 is 1.98 bits per heavy atom. The van der Waals surface area contributed by atoms with Crippen molar-refractivity contribution in [1.29, 1.82) is 0 Å². The van der Waals surface area contributed by atoms with Gasteiger partial charge in [0.25, 0.3) is 5.91 Å². The molecule has 0 saturated carbocycles. The number of halogens is 4. The minimum absolute atomic E-state index is 0.0515. The third-order valence-electron chi connectivity index (χ3n) is 7.12. The van der Waals surface area contributed by atoms with E-state index in [1.165, 1.54) is 24.5 Å². The van der Waals surface area contributed by atoms with E-state index < -0.39 is 30.4 Å². The van der Waals surface area contributed by atoms with E-state index in [1.54, 1.807) is 19.1 Å². The van der Waals surface area contributed by atoms with Crippen molar-refractivity contribution in [2.24, 2.45) is 0 Å². The molecule has 1 aliphatic heterocycles. The second kappa shape index (κ2) is 14.9. The van der Waals surface area contributed by atoms with Gasteiger partial charge in [-0.15, -0.1) is 11.3 Å². The van der Waals surface area contributed by atoms with Gasteiger partial charge in [0.2, 0.25) is 0 Å². The number of carbonyl (C=O) groups is 1. The zero-order valence-electron chi connectivity index (χ0n) is 24.5. The van der Waals surface area contributed by atoms with Gasteiger partial charge in [-0.1, -0.05) is 24.0 Å². The van der Waals surface area contributed by atoms with Gasteiger partial charge in [-0.3, -0.25) is 4.79 Å². The van der Waals surface area contributed by atoms with Crippen LogP contribution in [0, 0.1) is 17.7 Å². The number of nitrogens with zero attached hydrogens (tertiary/aromatic N) is 1. The fraction of sp³-hybridized carbons (Fsp3) is 0.452. The molecule has 1 unspecified atom stereocenters. The molecule has 1 aromatic heterocycles. The number of alkyl halides is 3. The first-order chi connectivity index (χ1) is 21.0. The summed E-state index contributed by atoms with van der Waals surface area (Å²) in [4.78, 5) is 14.5. The number of benzene rings is 2. The molecular weight excluding hydrogens is 600 g/mol. The van der Waals surface area contributed by atoms with Crippen molar-refractivity contribution in [2.45, 2.75) is 44.5 Å². The molecule has 0 radical (unpaired) electrons. The molecular formula is C31H36F4N4O4S. The summed E-state index contributed by atoms with van der Waals surface area (Å²) in [6.07, 6.45) is -4.28. The zero-order valence-corrected chi connectivity index (χ0v) is 25.3. The van der Waals surface area contributed by atoms with Crippen molar-refractivity contribution in [3.05, 3.63) is 52.2 Å². The maximum absolute atomic E-state index is 14.6. The number of nitrogens with one attached hydrogen (secondary N) is 3. The van der Waals surface area contributed by atoms with E-state index in [2.05, 4.69) is 32.7 Å². The van der Waals surface area contributed by atoms with Crippen LogP contribution in [0.5, 0.6) is 5.75 Å². The van der Waals surface area contributed by atoms with Crippen molar-refractivity contribution in [2.75, 3.05) is 57.1 Å². The summed E-state index contributed by atoms with van der Waals surface area (Å²) in [5.41, 5.74) is 0.798. The van der Waals surface area contributed by atoms with Crippen LogP contribution in [-0.2, 0) is 6.42 Å². The fourth-order valence-electron chi connectivity index (χ4n) is 5.15. The molecule has 1 atom stereocenters. The summed E-state index contributed by atoms with van der Waals surface area (Å²) >= 11 is 1.20. The first-order valence-electron chi connectivity index (χ1n) is 14.3. The summed E-state index contributed by atoms with van der Waals surface area (Å²) in [5, 5.41) is 28.1. The Kier molecular flexibility index (Phi) is 11.3. The van der Waals surface area contributed by atoms with E-state index in [1.807, 2.05) is 6.07 Å². The number of thiophene rings is 1. The molecule has 0 aliphatic carbocycles. The third-order valence-corrected chi connectivity index (χ3v) is 8.32. The lowest BCUT2D eigenvalue weighted by Crippen LogP contribution is -2.41. The maximum atomic E-state index is 14.6. The van der Waals surface area contributed by atoms with E-state index >= 15 is 0 Å². The van der Waals surface area contributed by atoms with Gasteiger partial charge in [-0.05, 0) is 42.8 Å². The van der Waals surface area contributed by atoms with E-state index in [4.69, 9.17) is 9.84 Å². The van der Waals surface area contributed by atoms with Crippen LogP contribution < -0.4 is 20.7 Å². The van der Waals surface area contributed by atoms with Gasteiger partial charge in [0.15, 0.2) is 0 Å². The Labute approximate surface area is 257 Å². The van der Waals surface area contributed by atoms with Gasteiger partial charge in [0.1, 0.15) is 18.2 Å². The first-order valence-corrected chi connectivity index (χ1v) is 15.1. The molecule has 44 heavy (non-hydrogen) atoms. The van der Waals surface area contributed by atoms with E-state index in [0.717, 1.165) is 37.7 Å². The predicted octanol–water partition coefficient (Wildman–Crippen LogP) is 4.60. The van der Waals surface area contributed by atoms with Crippen LogP contribution in [0.1, 0.15) is 40.6 Å². The van der Waals surface area contributed by atoms with Crippen LogP contribution in [0.3, 0.4) is 0 Å². The average molecular weight is 637 g/mol. The molecule has 1 aliphatic rings. The lowest BCUT2D eigenvalue weighted by atomic mass is 10.0. The molecule has 0 spiro atoms. The number of aliphatic hydroxyl groups is 2. The highest BCUT2D eigenvalue weighted by Gasteiger charge is 2.31. The number of anilines is 2. The SMILES string of the molecule is CNC(=O)c1cc(OCCO)c(NCC#Cc2sc3c(NC4CCN(CC(C)O)CC4)cccc3c2CC(F)(F)F)cc1F. The standard InChI is InChI=1S/C31H36F4N4O4S/c1-19(41)18-39-11-8-20(9-12-39)38-25-6-3-5-21-23(17-31(33,34)35)28(44-29(21)25)7-4-10-37-26-16-24(32)22(30(42)36-2)15-27(26)43-14-13-40/h3,5-6,15-16,19-20,37-38,40-41H,8-14,17-18H2,1-2H3,(H,36,42). The van der Waals surface area contributed by atoms with Crippen LogP contribution >= 0.6 is 11.3 Å². The quantitative estimate of drug-likeness (QED) is 0.155. The minimum atomic E-state index is -4.44. The smallest absolute Gasteiger partial charge is 0.393 e. The molecule has 3 aromatic rings. The minimum Gasteiger partial charge on any atom is -0.489 e. The van der Waals surface area contributed by atoms with E-state index in [0.29, 0.717) is 16.6 Å². The first kappa shape index (κ1) is 33.3. The van der Waals surface area contributed by atoms with Gasteiger partial charge in [0, 0.05) is 38.8 Å². The van der Waals surface area contributed by atoms with Crippen molar-refractivity contribution < 1.29 is 37.3 Å². The number of hydrogen-bond donors (Lipinski definition) is 5. The molecule has 1 amide bonds. The third kappa shape index (κ3) is 8.75. The van der Waals surface area contributed by atoms with Crippen molar-refractivity contribution in [3.63, 3.8) is 0 Å². The molecule has 1 saturated heterocycles. The number of ether oxygens (including phenoxy) is 1. The Morgan fingerprint density at radius 3 is 2.64 bits per heavy atom. The molecule has 238 valence electrons. The largest absolute Gasteiger partial charge is 0.489 e. The average Bonchev–Trinajstić information content (AvgIpc) is 3.31. The van der Waals surface area contributed by atoms with Crippen LogP contribution in [0.15, 0.2) is 30.3 Å². The monoisotopic (exact) mass is 636 g/mol. The van der Waals surface area contributed by atoms with Gasteiger partial charge < -0.3 is 35.8 Å². The Hall–Kier alpha value is -3.57. The summed E-state index contributed by atoms with van der Waals surface area (Å²) in [5.74, 6) is 4.38. The number of amides is 1. The van der Waals surface area contributed by atoms with Crippen LogP contribution in [0.25, 0.3) is 10.1 Å². The highest BCUT2D eigenvalue weighted by atomic mass is 32.1. The molecule has 2 heterocycles. The molecule has 5 N–H and O–H groups in total. The van der Waals surface area contributed by atoms with Gasteiger partial charge in [-0.25, -0.2) is 4.39 Å². The second-order valence-electron chi connectivity index (χ2n) is 10.6. The number of carbonyl (C=O) groups excluding carboxylic acids is 1. The topological polar surface area (TPSA) is 106 Å². The number of fused-ring (bicyclic) bond motifs is 1. The Balaban J connectivity index is 1.56. The summed E-state index contributed by atoms with van der Waals surface area (Å²) in [6, 6.07) is 7.70. The van der Waals surface area contributed by atoms with Gasteiger partial charge in [-0.2, -0.15) is 13.2 Å². The van der Waals surface area contributed by atoms with Crippen molar-refractivity contribution in [1.82, 2.24) is 10.2 Å². The van der Waals surface area contributed by atoms with Gasteiger partial charge >= 0.3 is 6.18 Å². The second-order valence-corrected chi connectivity index (χ2v) is 11.6. The number of likely N-dealkylation sites (tertiary alicyclic amines) is 1. The molecule has 8 nitrogen and oxygen atoms in total. The van der Waals surface area contributed by atoms with Crippen LogP contribution in [-0.4, -0.2) is 85.8 Å². The lowest BCUT2D eigenvalue weighted by molar-refractivity contribution is -0.126. The summed E-state index contributed by atoms with van der Waals surface area (Å²) in [7, 11) is 1.36. The fourth-order valence-corrected chi connectivity index (χ4v) is 6.32. The van der Waals surface area contributed by atoms with Crippen molar-refractivity contribution >= 4 is 38.7 Å². The lowest BCUT2D eigenvalue weighted by Gasteiger charge is -2.33. The van der Waals surface area contributed by atoms with Gasteiger partial charge in [0.05, 0.1) is 52.2 Å². The van der Waals surface area contributed by atoms with E-state index in [-0.39, 0.29) is 53.2 Å². The number of hydrogen-bond acceptors (Lipinski definition) is 8. The normalized spacial score (nSPS) is 15.0. The number of piperidine rings is 1. The number of rotatable bonds is 11. The molecule has 0 bridgehead atoms. The highest BCUT2D eigenvalue weighted by molar-refractivity contribution is 7.20. The summed E-state index contributed by atoms with van der Waals surface area (Å²) < 4.78 is 61.7. The van der Waals surface area contributed by atoms with E-state index in [9.17, 15) is 27.5 Å². The van der Waals surface area contributed by atoms with Crippen LogP contribution in [0.4, 0.5) is 28.9 Å². The molecule has 2 aromatic carbocycles. The predicted molar refractivity (Wildman–Crippen MR) is 164 cm³/mol. The zero-order chi connectivity index (χ0) is 31.9. The summed E-state index contributed by atoms with van der Waals surface area (Å²) in [6.45, 7) is 3.54. The number of aliphatic hydroxyl groups excluding tert-OH is 2. The maximum Gasteiger partial charge on any atom is 0.393 e.